The topological polar surface area (TPSA) is 88.7 Å². The first-order valence-electron chi connectivity index (χ1n) is 10.1. The van der Waals surface area contributed by atoms with Crippen LogP contribution >= 0.6 is 39.7 Å². The number of hydrazine groups is 1. The molecular weight excluding hydrogens is 518 g/mol. The highest BCUT2D eigenvalue weighted by atomic mass is 79.9. The van der Waals surface area contributed by atoms with Crippen molar-refractivity contribution in [3.63, 3.8) is 0 Å². The molecule has 2 aromatic carbocycles. The summed E-state index contributed by atoms with van der Waals surface area (Å²) < 4.78 is 11.7. The normalized spacial score (nSPS) is 10.2. The Morgan fingerprint density at radius 2 is 1.78 bits per heavy atom. The lowest BCUT2D eigenvalue weighted by molar-refractivity contribution is -0.123. The minimum Gasteiger partial charge on any atom is -0.494 e. The average molecular weight is 543 g/mol. The Morgan fingerprint density at radius 3 is 2.47 bits per heavy atom. The SMILES string of the molecule is CCCCCCOc1ccc(C(=O)NC(=S)NNC(=O)COc2ccc(Cl)cc2Br)cc1. The summed E-state index contributed by atoms with van der Waals surface area (Å²) in [6.07, 6.45) is 4.52. The number of hydrogen-bond donors (Lipinski definition) is 3. The molecule has 0 unspecified atom stereocenters. The van der Waals surface area contributed by atoms with Gasteiger partial charge in [-0.25, -0.2) is 0 Å². The highest BCUT2D eigenvalue weighted by Gasteiger charge is 2.10. The van der Waals surface area contributed by atoms with Gasteiger partial charge >= 0.3 is 0 Å². The first-order chi connectivity index (χ1) is 15.4. The van der Waals surface area contributed by atoms with Gasteiger partial charge in [0.25, 0.3) is 11.8 Å². The zero-order valence-electron chi connectivity index (χ0n) is 17.6. The van der Waals surface area contributed by atoms with Gasteiger partial charge in [0.2, 0.25) is 0 Å². The van der Waals surface area contributed by atoms with Crippen LogP contribution in [0.25, 0.3) is 0 Å². The van der Waals surface area contributed by atoms with Crippen LogP contribution in [-0.2, 0) is 4.79 Å². The van der Waals surface area contributed by atoms with Crippen LogP contribution in [0.1, 0.15) is 43.0 Å². The smallest absolute Gasteiger partial charge is 0.276 e. The number of carbonyl (C=O) groups excluding carboxylic acids is 2. The van der Waals surface area contributed by atoms with Crippen LogP contribution in [0.2, 0.25) is 5.02 Å². The van der Waals surface area contributed by atoms with Crippen molar-refractivity contribution >= 4 is 56.7 Å². The first kappa shape index (κ1) is 25.9. The number of hydrogen-bond acceptors (Lipinski definition) is 5. The summed E-state index contributed by atoms with van der Waals surface area (Å²) in [6.45, 7) is 2.55. The molecule has 0 heterocycles. The molecule has 0 radical (unpaired) electrons. The number of thiocarbonyl (C=S) groups is 1. The van der Waals surface area contributed by atoms with Crippen LogP contribution in [0, 0.1) is 0 Å². The molecule has 2 aromatic rings. The fraction of sp³-hybridized carbons (Fsp3) is 0.318. The molecule has 0 fully saturated rings. The van der Waals surface area contributed by atoms with E-state index >= 15 is 0 Å². The summed E-state index contributed by atoms with van der Waals surface area (Å²) in [4.78, 5) is 24.2. The van der Waals surface area contributed by atoms with Crippen molar-refractivity contribution in [1.82, 2.24) is 16.2 Å². The van der Waals surface area contributed by atoms with E-state index in [0.717, 1.165) is 12.8 Å². The minimum atomic E-state index is -0.483. The van der Waals surface area contributed by atoms with Gasteiger partial charge in [-0.3, -0.25) is 25.8 Å². The highest BCUT2D eigenvalue weighted by Crippen LogP contribution is 2.27. The number of benzene rings is 2. The molecule has 0 saturated heterocycles. The van der Waals surface area contributed by atoms with Crippen LogP contribution in [0.5, 0.6) is 11.5 Å². The molecule has 3 N–H and O–H groups in total. The lowest BCUT2D eigenvalue weighted by atomic mass is 10.2. The van der Waals surface area contributed by atoms with E-state index in [1.54, 1.807) is 42.5 Å². The third kappa shape index (κ3) is 9.42. The Balaban J connectivity index is 1.69. The summed E-state index contributed by atoms with van der Waals surface area (Å²) in [6, 6.07) is 11.7. The standard InChI is InChI=1S/C22H25BrClN3O4S/c1-2-3-4-5-12-30-17-9-6-15(7-10-17)21(29)25-22(32)27-26-20(28)14-31-19-11-8-16(24)13-18(19)23/h6-11,13H,2-5,12,14H2,1H3,(H,26,28)(H2,25,27,29,32). The van der Waals surface area contributed by atoms with Gasteiger partial charge in [-0.1, -0.05) is 37.8 Å². The molecule has 0 aromatic heterocycles. The van der Waals surface area contributed by atoms with E-state index in [0.29, 0.717) is 33.2 Å². The van der Waals surface area contributed by atoms with E-state index in [1.165, 1.54) is 12.8 Å². The first-order valence-corrected chi connectivity index (χ1v) is 11.7. The predicted molar refractivity (Wildman–Crippen MR) is 132 cm³/mol. The lowest BCUT2D eigenvalue weighted by Gasteiger charge is -2.12. The molecule has 32 heavy (non-hydrogen) atoms. The van der Waals surface area contributed by atoms with Gasteiger partial charge in [-0.2, -0.15) is 0 Å². The van der Waals surface area contributed by atoms with Gasteiger partial charge in [-0.05, 0) is 77.0 Å². The number of unbranched alkanes of at least 4 members (excludes halogenated alkanes) is 3. The molecule has 7 nitrogen and oxygen atoms in total. The van der Waals surface area contributed by atoms with E-state index in [-0.39, 0.29) is 11.7 Å². The number of rotatable bonds is 10. The quantitative estimate of drug-likeness (QED) is 0.228. The molecule has 0 saturated carbocycles. The molecule has 0 bridgehead atoms. The molecule has 172 valence electrons. The van der Waals surface area contributed by atoms with Crippen molar-refractivity contribution in [2.75, 3.05) is 13.2 Å². The van der Waals surface area contributed by atoms with Crippen molar-refractivity contribution in [1.29, 1.82) is 0 Å². The largest absolute Gasteiger partial charge is 0.494 e. The molecule has 2 amide bonds. The molecule has 0 aliphatic rings. The second-order valence-electron chi connectivity index (χ2n) is 6.75. The molecule has 0 spiro atoms. The maximum Gasteiger partial charge on any atom is 0.276 e. The van der Waals surface area contributed by atoms with Gasteiger partial charge in [0.1, 0.15) is 11.5 Å². The summed E-state index contributed by atoms with van der Waals surface area (Å²) in [5, 5.41) is 2.98. The minimum absolute atomic E-state index is 0.0488. The molecule has 2 rings (SSSR count). The van der Waals surface area contributed by atoms with Crippen LogP contribution < -0.4 is 25.6 Å². The summed E-state index contributed by atoms with van der Waals surface area (Å²) in [7, 11) is 0. The highest BCUT2D eigenvalue weighted by molar-refractivity contribution is 9.10. The monoisotopic (exact) mass is 541 g/mol. The molecule has 0 aliphatic heterocycles. The number of halogens is 2. The zero-order chi connectivity index (χ0) is 23.3. The Morgan fingerprint density at radius 1 is 1.03 bits per heavy atom. The third-order valence-electron chi connectivity index (χ3n) is 4.18. The Kier molecular flexibility index (Phi) is 11.3. The van der Waals surface area contributed by atoms with Crippen LogP contribution in [0.3, 0.4) is 0 Å². The maximum atomic E-state index is 12.3. The molecular formula is C22H25BrClN3O4S. The van der Waals surface area contributed by atoms with E-state index < -0.39 is 11.8 Å². The summed E-state index contributed by atoms with van der Waals surface area (Å²) >= 11 is 14.2. The number of ether oxygens (including phenoxy) is 2. The second kappa shape index (κ2) is 13.9. The van der Waals surface area contributed by atoms with Crippen molar-refractivity contribution < 1.29 is 19.1 Å². The number of nitrogens with one attached hydrogen (secondary N) is 3. The van der Waals surface area contributed by atoms with Gasteiger partial charge in [0, 0.05) is 10.6 Å². The van der Waals surface area contributed by atoms with E-state index in [9.17, 15) is 9.59 Å². The zero-order valence-corrected chi connectivity index (χ0v) is 20.7. The maximum absolute atomic E-state index is 12.3. The van der Waals surface area contributed by atoms with Crippen molar-refractivity contribution in [3.8, 4) is 11.5 Å². The van der Waals surface area contributed by atoms with Crippen molar-refractivity contribution in [2.24, 2.45) is 0 Å². The fourth-order valence-electron chi connectivity index (χ4n) is 2.53. The van der Waals surface area contributed by atoms with Crippen LogP contribution in [-0.4, -0.2) is 30.1 Å². The Labute approximate surface area is 206 Å². The van der Waals surface area contributed by atoms with Gasteiger partial charge in [-0.15, -0.1) is 0 Å². The van der Waals surface area contributed by atoms with Crippen LogP contribution in [0.15, 0.2) is 46.9 Å². The average Bonchev–Trinajstić information content (AvgIpc) is 2.77. The van der Waals surface area contributed by atoms with Gasteiger partial charge in [0.05, 0.1) is 11.1 Å². The summed E-state index contributed by atoms with van der Waals surface area (Å²) in [5.74, 6) is 0.281. The molecule has 10 heteroatoms. The van der Waals surface area contributed by atoms with Gasteiger partial charge < -0.3 is 9.47 Å². The predicted octanol–water partition coefficient (Wildman–Crippen LogP) is 4.78. The van der Waals surface area contributed by atoms with Crippen molar-refractivity contribution in [2.45, 2.75) is 32.6 Å². The van der Waals surface area contributed by atoms with E-state index in [4.69, 9.17) is 33.3 Å². The Hall–Kier alpha value is -2.36. The lowest BCUT2D eigenvalue weighted by Crippen LogP contribution is -2.49. The second-order valence-corrected chi connectivity index (χ2v) is 8.45. The van der Waals surface area contributed by atoms with Gasteiger partial charge in [0.15, 0.2) is 11.7 Å². The molecule has 0 atom stereocenters. The van der Waals surface area contributed by atoms with Crippen molar-refractivity contribution in [3.05, 3.63) is 57.5 Å². The Bertz CT molecular complexity index is 928. The van der Waals surface area contributed by atoms with Crippen LogP contribution in [0.4, 0.5) is 0 Å². The molecule has 0 aliphatic carbocycles. The number of amides is 2. The summed E-state index contributed by atoms with van der Waals surface area (Å²) in [5.41, 5.74) is 5.23. The number of carbonyl (C=O) groups is 2. The van der Waals surface area contributed by atoms with E-state index in [2.05, 4.69) is 39.0 Å². The van der Waals surface area contributed by atoms with E-state index in [1.807, 2.05) is 0 Å². The fourth-order valence-corrected chi connectivity index (χ4v) is 3.47. The third-order valence-corrected chi connectivity index (χ3v) is 5.24.